The maximum atomic E-state index is 14.1. The van der Waals surface area contributed by atoms with Gasteiger partial charge in [0.2, 0.25) is 0 Å². The number of benzene rings is 1. The van der Waals surface area contributed by atoms with Crippen LogP contribution in [0.1, 0.15) is 69.9 Å². The molecule has 0 nitrogen and oxygen atoms in total. The Morgan fingerprint density at radius 2 is 2.00 bits per heavy atom. The van der Waals surface area contributed by atoms with Crippen molar-refractivity contribution in [1.29, 1.82) is 0 Å². The van der Waals surface area contributed by atoms with E-state index in [-0.39, 0.29) is 5.82 Å². The molecule has 0 aliphatic heterocycles. The van der Waals surface area contributed by atoms with Crippen molar-refractivity contribution in [2.24, 2.45) is 5.92 Å². The Bertz CT molecular complexity index is 673. The summed E-state index contributed by atoms with van der Waals surface area (Å²) < 4.78 is 14.1. The number of rotatable bonds is 3. The van der Waals surface area contributed by atoms with E-state index in [0.717, 1.165) is 42.7 Å². The zero-order valence-electron chi connectivity index (χ0n) is 14.2. The summed E-state index contributed by atoms with van der Waals surface area (Å²) in [5, 5.41) is 0. The molecule has 23 heavy (non-hydrogen) atoms. The number of unbranched alkanes of at least 4 members (excludes halogenated alkanes) is 1. The van der Waals surface area contributed by atoms with Crippen LogP contribution < -0.4 is 0 Å². The fraction of sp³-hybridized carbons (Fsp3) is 0.455. The smallest absolute Gasteiger partial charge is 0.140 e. The van der Waals surface area contributed by atoms with Gasteiger partial charge in [0, 0.05) is 12.0 Å². The summed E-state index contributed by atoms with van der Waals surface area (Å²) in [6.45, 7) is 4.32. The summed E-state index contributed by atoms with van der Waals surface area (Å²) in [4.78, 5) is 0. The molecule has 0 saturated carbocycles. The normalized spacial score (nSPS) is 16.7. The first kappa shape index (κ1) is 17.4. The van der Waals surface area contributed by atoms with Crippen LogP contribution in [0.5, 0.6) is 0 Å². The van der Waals surface area contributed by atoms with Gasteiger partial charge in [0.25, 0.3) is 0 Å². The van der Waals surface area contributed by atoms with Gasteiger partial charge in [-0.25, -0.2) is 4.39 Å². The summed E-state index contributed by atoms with van der Waals surface area (Å²) in [5.41, 5.74) is 2.34. The Balaban J connectivity index is 2.03. The summed E-state index contributed by atoms with van der Waals surface area (Å²) >= 11 is 0. The molecule has 0 radical (unpaired) electrons. The lowest BCUT2D eigenvalue weighted by Gasteiger charge is -2.18. The van der Waals surface area contributed by atoms with Crippen LogP contribution in [0.15, 0.2) is 29.8 Å². The van der Waals surface area contributed by atoms with E-state index >= 15 is 0 Å². The van der Waals surface area contributed by atoms with Gasteiger partial charge in [-0.1, -0.05) is 56.4 Å². The molecule has 0 saturated heterocycles. The van der Waals surface area contributed by atoms with E-state index in [4.69, 9.17) is 0 Å². The molecule has 0 bridgehead atoms. The molecule has 1 aliphatic rings. The van der Waals surface area contributed by atoms with Crippen molar-refractivity contribution < 1.29 is 4.39 Å². The molecule has 1 heteroatoms. The van der Waals surface area contributed by atoms with Crippen LogP contribution in [-0.4, -0.2) is 0 Å². The van der Waals surface area contributed by atoms with Gasteiger partial charge in [0.05, 0.1) is 5.56 Å². The van der Waals surface area contributed by atoms with Crippen molar-refractivity contribution in [3.8, 4) is 23.7 Å². The van der Waals surface area contributed by atoms with E-state index in [1.165, 1.54) is 25.3 Å². The third-order valence-electron chi connectivity index (χ3n) is 4.15. The lowest BCUT2D eigenvalue weighted by Crippen LogP contribution is -2.04. The van der Waals surface area contributed by atoms with Crippen LogP contribution in [-0.2, 0) is 0 Å². The average Bonchev–Trinajstić information content (AvgIpc) is 2.56. The minimum absolute atomic E-state index is 0.277. The van der Waals surface area contributed by atoms with Crippen LogP contribution in [0.3, 0.4) is 0 Å². The Morgan fingerprint density at radius 1 is 1.13 bits per heavy atom. The molecule has 1 atom stereocenters. The highest BCUT2D eigenvalue weighted by Crippen LogP contribution is 2.26. The molecular formula is C22H25F. The van der Waals surface area contributed by atoms with Crippen LogP contribution in [0.4, 0.5) is 4.39 Å². The van der Waals surface area contributed by atoms with E-state index in [0.29, 0.717) is 5.56 Å². The van der Waals surface area contributed by atoms with Gasteiger partial charge in [-0.05, 0) is 55.4 Å². The van der Waals surface area contributed by atoms with E-state index < -0.39 is 0 Å². The molecule has 1 aromatic carbocycles. The molecule has 0 heterocycles. The van der Waals surface area contributed by atoms with Crippen molar-refractivity contribution in [2.45, 2.75) is 58.8 Å². The second-order valence-corrected chi connectivity index (χ2v) is 6.15. The molecule has 0 N–H and O–H groups in total. The predicted molar refractivity (Wildman–Crippen MR) is 95.4 cm³/mol. The second kappa shape index (κ2) is 9.22. The van der Waals surface area contributed by atoms with Crippen molar-refractivity contribution >= 4 is 0 Å². The molecular weight excluding hydrogens is 283 g/mol. The number of hydrogen-bond acceptors (Lipinski definition) is 0. The van der Waals surface area contributed by atoms with Gasteiger partial charge >= 0.3 is 0 Å². The first-order valence-electron chi connectivity index (χ1n) is 8.72. The SMILES string of the molecule is CCCC#Cc1ccc(C#CC2=CCC(CCC)CC2)c(F)c1. The highest BCUT2D eigenvalue weighted by Gasteiger charge is 2.12. The highest BCUT2D eigenvalue weighted by molar-refractivity contribution is 5.45. The maximum Gasteiger partial charge on any atom is 0.140 e. The third kappa shape index (κ3) is 5.61. The monoisotopic (exact) mass is 308 g/mol. The Labute approximate surface area is 140 Å². The van der Waals surface area contributed by atoms with Crippen molar-refractivity contribution in [2.75, 3.05) is 0 Å². The fourth-order valence-corrected chi connectivity index (χ4v) is 2.80. The average molecular weight is 308 g/mol. The Kier molecular flexibility index (Phi) is 6.96. The first-order chi connectivity index (χ1) is 11.2. The van der Waals surface area contributed by atoms with Crippen LogP contribution in [0.2, 0.25) is 0 Å². The number of halogens is 1. The van der Waals surface area contributed by atoms with Gasteiger partial charge in [-0.3, -0.25) is 0 Å². The van der Waals surface area contributed by atoms with E-state index in [1.807, 2.05) is 6.07 Å². The molecule has 0 fully saturated rings. The largest absolute Gasteiger partial charge is 0.206 e. The van der Waals surface area contributed by atoms with E-state index in [1.54, 1.807) is 6.07 Å². The molecule has 1 aromatic rings. The topological polar surface area (TPSA) is 0 Å². The second-order valence-electron chi connectivity index (χ2n) is 6.15. The number of hydrogen-bond donors (Lipinski definition) is 0. The van der Waals surface area contributed by atoms with Crippen molar-refractivity contribution in [1.82, 2.24) is 0 Å². The van der Waals surface area contributed by atoms with Gasteiger partial charge in [-0.15, -0.1) is 0 Å². The van der Waals surface area contributed by atoms with Crippen LogP contribution in [0.25, 0.3) is 0 Å². The fourth-order valence-electron chi connectivity index (χ4n) is 2.80. The third-order valence-corrected chi connectivity index (χ3v) is 4.15. The number of allylic oxidation sites excluding steroid dienone is 2. The Morgan fingerprint density at radius 3 is 2.65 bits per heavy atom. The summed E-state index contributed by atoms with van der Waals surface area (Å²) in [7, 11) is 0. The van der Waals surface area contributed by atoms with Crippen LogP contribution >= 0.6 is 0 Å². The molecule has 0 aromatic heterocycles. The zero-order valence-corrected chi connectivity index (χ0v) is 14.2. The molecule has 0 amide bonds. The van der Waals surface area contributed by atoms with Gasteiger partial charge < -0.3 is 0 Å². The van der Waals surface area contributed by atoms with E-state index in [2.05, 4.69) is 43.6 Å². The summed E-state index contributed by atoms with van der Waals surface area (Å²) in [6, 6.07) is 5.07. The van der Waals surface area contributed by atoms with Crippen molar-refractivity contribution in [3.63, 3.8) is 0 Å². The molecule has 120 valence electrons. The minimum Gasteiger partial charge on any atom is -0.206 e. The van der Waals surface area contributed by atoms with Crippen LogP contribution in [0, 0.1) is 35.4 Å². The molecule has 1 aliphatic carbocycles. The van der Waals surface area contributed by atoms with Gasteiger partial charge in [-0.2, -0.15) is 0 Å². The molecule has 0 spiro atoms. The zero-order chi connectivity index (χ0) is 16.5. The molecule has 1 unspecified atom stereocenters. The highest BCUT2D eigenvalue weighted by atomic mass is 19.1. The summed E-state index contributed by atoms with van der Waals surface area (Å²) in [5.74, 6) is 12.7. The Hall–Kier alpha value is -1.99. The van der Waals surface area contributed by atoms with Gasteiger partial charge in [0.1, 0.15) is 5.82 Å². The lowest BCUT2D eigenvalue weighted by molar-refractivity contribution is 0.436. The maximum absolute atomic E-state index is 14.1. The molecule has 2 rings (SSSR count). The van der Waals surface area contributed by atoms with Crippen molar-refractivity contribution in [3.05, 3.63) is 46.8 Å². The quantitative estimate of drug-likeness (QED) is 0.614. The predicted octanol–water partition coefficient (Wildman–Crippen LogP) is 5.86. The minimum atomic E-state index is -0.277. The summed E-state index contributed by atoms with van der Waals surface area (Å²) in [6.07, 6.45) is 10.0. The standard InChI is InChI=1S/C22H25F/c1-3-5-6-8-20-14-16-21(22(23)17-20)15-13-19-11-9-18(7-4-2)10-12-19/h11,14,16-18H,3-5,7,9-10,12H2,1-2H3. The lowest BCUT2D eigenvalue weighted by atomic mass is 9.87. The van der Waals surface area contributed by atoms with E-state index in [9.17, 15) is 4.39 Å². The first-order valence-corrected chi connectivity index (χ1v) is 8.72. The van der Waals surface area contributed by atoms with Gasteiger partial charge in [0.15, 0.2) is 0 Å².